The lowest BCUT2D eigenvalue weighted by atomic mass is 9.97. The van der Waals surface area contributed by atoms with Crippen LogP contribution in [0, 0.1) is 0 Å². The third-order valence-corrected chi connectivity index (χ3v) is 7.05. The van der Waals surface area contributed by atoms with E-state index >= 15 is 0 Å². The van der Waals surface area contributed by atoms with E-state index in [1.54, 1.807) is 18.3 Å². The van der Waals surface area contributed by atoms with E-state index in [9.17, 15) is 13.2 Å². The first-order valence-electron chi connectivity index (χ1n) is 11.1. The number of carbonyl (C=O) groups excluding carboxylic acids is 1. The summed E-state index contributed by atoms with van der Waals surface area (Å²) in [4.78, 5) is 12.8. The zero-order valence-corrected chi connectivity index (χ0v) is 19.9. The van der Waals surface area contributed by atoms with E-state index < -0.39 is 15.9 Å². The number of carbonyl (C=O) groups is 1. The van der Waals surface area contributed by atoms with Gasteiger partial charge in [0.2, 0.25) is 10.0 Å². The topological polar surface area (TPSA) is 78.8 Å². The molecule has 6 nitrogen and oxygen atoms in total. The molecular weight excluding hydrogens is 458 g/mol. The van der Waals surface area contributed by atoms with E-state index in [4.69, 9.17) is 0 Å². The van der Waals surface area contributed by atoms with Crippen LogP contribution in [0.4, 0.5) is 5.69 Å². The van der Waals surface area contributed by atoms with Crippen LogP contribution in [0.3, 0.4) is 0 Å². The molecule has 0 radical (unpaired) electrons. The van der Waals surface area contributed by atoms with Crippen molar-refractivity contribution in [3.05, 3.63) is 103 Å². The molecule has 5 rings (SSSR count). The van der Waals surface area contributed by atoms with Gasteiger partial charge in [0.1, 0.15) is 6.54 Å². The van der Waals surface area contributed by atoms with E-state index in [1.807, 2.05) is 78.9 Å². The Morgan fingerprint density at radius 1 is 0.800 bits per heavy atom. The molecule has 0 aliphatic heterocycles. The molecular formula is C28H23N3O3S. The molecule has 0 spiro atoms. The molecule has 7 heteroatoms. The lowest BCUT2D eigenvalue weighted by Crippen LogP contribution is -2.39. The second-order valence-electron chi connectivity index (χ2n) is 8.29. The van der Waals surface area contributed by atoms with Crippen molar-refractivity contribution in [3.63, 3.8) is 0 Å². The van der Waals surface area contributed by atoms with Gasteiger partial charge in [0.15, 0.2) is 0 Å². The van der Waals surface area contributed by atoms with Gasteiger partial charge in [-0.1, -0.05) is 84.9 Å². The molecule has 0 atom stereocenters. The summed E-state index contributed by atoms with van der Waals surface area (Å²) < 4.78 is 26.3. The maximum atomic E-state index is 12.8. The molecule has 0 saturated carbocycles. The van der Waals surface area contributed by atoms with Crippen molar-refractivity contribution in [1.29, 1.82) is 0 Å². The normalized spacial score (nSPS) is 11.9. The summed E-state index contributed by atoms with van der Waals surface area (Å²) in [5.74, 6) is -0.538. The second-order valence-corrected chi connectivity index (χ2v) is 10.2. The monoisotopic (exact) mass is 481 g/mol. The number of amides is 1. The first-order valence-corrected chi connectivity index (χ1v) is 12.9. The largest absolute Gasteiger partial charge is 0.271 e. The van der Waals surface area contributed by atoms with Crippen LogP contribution in [-0.2, 0) is 14.8 Å². The third-order valence-electron chi connectivity index (χ3n) is 5.92. The van der Waals surface area contributed by atoms with Crippen molar-refractivity contribution in [2.45, 2.75) is 0 Å². The minimum absolute atomic E-state index is 0.388. The van der Waals surface area contributed by atoms with Crippen LogP contribution in [0.25, 0.3) is 32.3 Å². The van der Waals surface area contributed by atoms with Crippen LogP contribution in [0.5, 0.6) is 0 Å². The van der Waals surface area contributed by atoms with Gasteiger partial charge in [0, 0.05) is 10.9 Å². The molecule has 0 aromatic heterocycles. The van der Waals surface area contributed by atoms with Crippen molar-refractivity contribution in [1.82, 2.24) is 5.43 Å². The second kappa shape index (κ2) is 9.19. The van der Waals surface area contributed by atoms with Crippen molar-refractivity contribution in [2.75, 3.05) is 17.1 Å². The van der Waals surface area contributed by atoms with Gasteiger partial charge >= 0.3 is 0 Å². The SMILES string of the molecule is CS(=O)(=O)N(CC(=O)N/N=C\c1c2ccccc2cc2ccccc12)c1cccc2ccccc12. The summed E-state index contributed by atoms with van der Waals surface area (Å²) in [6.07, 6.45) is 2.71. The van der Waals surface area contributed by atoms with Crippen LogP contribution in [-0.4, -0.2) is 33.3 Å². The maximum absolute atomic E-state index is 12.8. The minimum Gasteiger partial charge on any atom is -0.271 e. The fourth-order valence-electron chi connectivity index (χ4n) is 4.33. The first-order chi connectivity index (χ1) is 16.9. The average Bonchev–Trinajstić information content (AvgIpc) is 2.86. The van der Waals surface area contributed by atoms with Crippen molar-refractivity contribution in [3.8, 4) is 0 Å². The molecule has 1 N–H and O–H groups in total. The number of hydrogen-bond acceptors (Lipinski definition) is 4. The van der Waals surface area contributed by atoms with Crippen molar-refractivity contribution < 1.29 is 13.2 Å². The van der Waals surface area contributed by atoms with Crippen LogP contribution >= 0.6 is 0 Å². The number of fused-ring (bicyclic) bond motifs is 3. The fraction of sp³-hybridized carbons (Fsp3) is 0.0714. The predicted octanol–water partition coefficient (Wildman–Crippen LogP) is 5.06. The van der Waals surface area contributed by atoms with E-state index in [0.717, 1.165) is 48.4 Å². The van der Waals surface area contributed by atoms with Gasteiger partial charge in [-0.2, -0.15) is 5.10 Å². The number of nitrogens with zero attached hydrogens (tertiary/aromatic N) is 2. The summed E-state index contributed by atoms with van der Waals surface area (Å²) in [5, 5.41) is 9.98. The summed E-state index contributed by atoms with van der Waals surface area (Å²) in [7, 11) is -3.72. The zero-order chi connectivity index (χ0) is 24.4. The molecule has 0 bridgehead atoms. The summed E-state index contributed by atoms with van der Waals surface area (Å²) >= 11 is 0. The highest BCUT2D eigenvalue weighted by atomic mass is 32.2. The Bertz CT molecular complexity index is 1650. The Labute approximate surface area is 203 Å². The summed E-state index contributed by atoms with van der Waals surface area (Å²) in [5.41, 5.74) is 3.84. The van der Waals surface area contributed by atoms with Gasteiger partial charge in [-0.15, -0.1) is 0 Å². The number of anilines is 1. The Balaban J connectivity index is 1.44. The molecule has 0 fully saturated rings. The van der Waals surface area contributed by atoms with Crippen molar-refractivity contribution in [2.24, 2.45) is 5.10 Å². The Morgan fingerprint density at radius 3 is 1.97 bits per heavy atom. The lowest BCUT2D eigenvalue weighted by Gasteiger charge is -2.23. The number of sulfonamides is 1. The first kappa shape index (κ1) is 22.6. The van der Waals surface area contributed by atoms with E-state index in [1.165, 1.54) is 0 Å². The van der Waals surface area contributed by atoms with Gasteiger partial charge in [0.05, 0.1) is 18.2 Å². The minimum atomic E-state index is -3.72. The Hall–Kier alpha value is -4.23. The van der Waals surface area contributed by atoms with Crippen LogP contribution in [0.1, 0.15) is 5.56 Å². The number of hydrazone groups is 1. The molecule has 0 heterocycles. The van der Waals surface area contributed by atoms with Crippen molar-refractivity contribution >= 4 is 60.1 Å². The summed E-state index contributed by atoms with van der Waals surface area (Å²) in [6, 6.07) is 30.9. The molecule has 0 unspecified atom stereocenters. The van der Waals surface area contributed by atoms with E-state index in [-0.39, 0.29) is 6.54 Å². The van der Waals surface area contributed by atoms with Crippen LogP contribution in [0.2, 0.25) is 0 Å². The van der Waals surface area contributed by atoms with Gasteiger partial charge in [-0.25, -0.2) is 13.8 Å². The van der Waals surface area contributed by atoms with Gasteiger partial charge in [0.25, 0.3) is 5.91 Å². The average molecular weight is 482 g/mol. The Morgan fingerprint density at radius 2 is 1.34 bits per heavy atom. The molecule has 5 aromatic carbocycles. The van der Waals surface area contributed by atoms with Crippen LogP contribution < -0.4 is 9.73 Å². The van der Waals surface area contributed by atoms with Gasteiger partial charge < -0.3 is 0 Å². The molecule has 35 heavy (non-hydrogen) atoms. The molecule has 1 amide bonds. The number of nitrogens with one attached hydrogen (secondary N) is 1. The molecule has 174 valence electrons. The van der Waals surface area contributed by atoms with Crippen LogP contribution in [0.15, 0.2) is 102 Å². The maximum Gasteiger partial charge on any atom is 0.260 e. The van der Waals surface area contributed by atoms with E-state index in [0.29, 0.717) is 5.69 Å². The lowest BCUT2D eigenvalue weighted by molar-refractivity contribution is -0.119. The zero-order valence-electron chi connectivity index (χ0n) is 19.0. The highest BCUT2D eigenvalue weighted by molar-refractivity contribution is 7.92. The standard InChI is InChI=1S/C28H23N3O3S/c1-35(33,34)31(27-16-8-12-20-9-2-7-15-25(20)27)19-28(32)30-29-18-26-23-13-5-3-10-21(23)17-22-11-4-6-14-24(22)26/h2-18H,19H2,1H3,(H,30,32)/b29-18-. The highest BCUT2D eigenvalue weighted by Crippen LogP contribution is 2.29. The summed E-state index contributed by atoms with van der Waals surface area (Å²) in [6.45, 7) is -0.388. The predicted molar refractivity (Wildman–Crippen MR) is 143 cm³/mol. The quantitative estimate of drug-likeness (QED) is 0.209. The Kier molecular flexibility index (Phi) is 5.93. The fourth-order valence-corrected chi connectivity index (χ4v) is 5.20. The molecule has 0 aliphatic carbocycles. The molecule has 0 saturated heterocycles. The third kappa shape index (κ3) is 4.58. The van der Waals surface area contributed by atoms with Gasteiger partial charge in [-0.3, -0.25) is 9.10 Å². The molecule has 5 aromatic rings. The van der Waals surface area contributed by atoms with E-state index in [2.05, 4.69) is 16.6 Å². The number of hydrogen-bond donors (Lipinski definition) is 1. The molecule has 0 aliphatic rings. The number of benzene rings is 5. The smallest absolute Gasteiger partial charge is 0.260 e. The van der Waals surface area contributed by atoms with Gasteiger partial charge in [-0.05, 0) is 39.1 Å². The highest BCUT2D eigenvalue weighted by Gasteiger charge is 2.22. The number of rotatable bonds is 6.